The average Bonchev–Trinajstić information content (AvgIpc) is 2.36. The molecule has 0 bridgehead atoms. The lowest BCUT2D eigenvalue weighted by Gasteiger charge is -2.14. The first-order chi connectivity index (χ1) is 9.62. The van der Waals surface area contributed by atoms with Gasteiger partial charge in [-0.3, -0.25) is 0 Å². The number of hydrogen-bond acceptors (Lipinski definition) is 1. The van der Waals surface area contributed by atoms with E-state index in [2.05, 4.69) is 4.98 Å². The van der Waals surface area contributed by atoms with Crippen LogP contribution in [0.25, 0.3) is 11.1 Å². The van der Waals surface area contributed by atoms with E-state index in [0.717, 1.165) is 0 Å². The van der Waals surface area contributed by atoms with E-state index in [1.54, 1.807) is 0 Å². The van der Waals surface area contributed by atoms with E-state index in [0.29, 0.717) is 6.07 Å². The van der Waals surface area contributed by atoms with Crippen molar-refractivity contribution in [1.29, 1.82) is 0 Å². The normalized spacial score (nSPS) is 11.8. The first-order valence-corrected chi connectivity index (χ1v) is 7.09. The van der Waals surface area contributed by atoms with E-state index in [9.17, 15) is 13.2 Å². The number of pyridine rings is 1. The van der Waals surface area contributed by atoms with Gasteiger partial charge in [0.15, 0.2) is 0 Å². The van der Waals surface area contributed by atoms with Crippen molar-refractivity contribution in [3.05, 3.63) is 49.1 Å². The van der Waals surface area contributed by atoms with Gasteiger partial charge in [0, 0.05) is 11.1 Å². The van der Waals surface area contributed by atoms with E-state index in [4.69, 9.17) is 58.0 Å². The Morgan fingerprint density at radius 2 is 1.38 bits per heavy atom. The van der Waals surface area contributed by atoms with Gasteiger partial charge in [0.2, 0.25) is 0 Å². The van der Waals surface area contributed by atoms with Crippen LogP contribution < -0.4 is 0 Å². The van der Waals surface area contributed by atoms with Crippen molar-refractivity contribution >= 4 is 58.0 Å². The van der Waals surface area contributed by atoms with Gasteiger partial charge in [-0.25, -0.2) is 4.98 Å². The minimum atomic E-state index is -4.67. The predicted molar refractivity (Wildman–Crippen MR) is 79.7 cm³/mol. The largest absolute Gasteiger partial charge is 0.433 e. The maximum Gasteiger partial charge on any atom is 0.433 e. The molecule has 0 fully saturated rings. The van der Waals surface area contributed by atoms with E-state index in [1.807, 2.05) is 0 Å². The predicted octanol–water partition coefficient (Wildman–Crippen LogP) is 7.03. The summed E-state index contributed by atoms with van der Waals surface area (Å²) < 4.78 is 38.0. The van der Waals surface area contributed by atoms with Gasteiger partial charge in [-0.2, -0.15) is 13.2 Å². The minimum Gasteiger partial charge on any atom is -0.231 e. The van der Waals surface area contributed by atoms with Crippen molar-refractivity contribution in [1.82, 2.24) is 4.98 Å². The van der Waals surface area contributed by atoms with Gasteiger partial charge in [-0.15, -0.1) is 0 Å². The van der Waals surface area contributed by atoms with Crippen molar-refractivity contribution in [2.45, 2.75) is 6.18 Å². The van der Waals surface area contributed by atoms with Gasteiger partial charge < -0.3 is 0 Å². The lowest BCUT2D eigenvalue weighted by Crippen LogP contribution is -2.08. The second kappa shape index (κ2) is 6.01. The molecular formula is C12H3Cl5F3N. The SMILES string of the molecule is FC(F)(F)c1cc(Cl)c(-c2c(Cl)ccc(Cl)c2Cl)c(Cl)n1. The molecule has 1 heterocycles. The Bertz CT molecular complexity index is 692. The van der Waals surface area contributed by atoms with Crippen molar-refractivity contribution in [3.8, 4) is 11.1 Å². The van der Waals surface area contributed by atoms with Crippen LogP contribution in [0.15, 0.2) is 18.2 Å². The van der Waals surface area contributed by atoms with Crippen LogP contribution >= 0.6 is 58.0 Å². The molecule has 0 aliphatic heterocycles. The molecule has 0 unspecified atom stereocenters. The summed E-state index contributed by atoms with van der Waals surface area (Å²) in [7, 11) is 0. The number of aromatic nitrogens is 1. The highest BCUT2D eigenvalue weighted by molar-refractivity contribution is 6.48. The average molecular weight is 395 g/mol. The van der Waals surface area contributed by atoms with Crippen molar-refractivity contribution in [2.75, 3.05) is 0 Å². The fraction of sp³-hybridized carbons (Fsp3) is 0.0833. The molecular weight excluding hydrogens is 392 g/mol. The van der Waals surface area contributed by atoms with Crippen molar-refractivity contribution in [2.24, 2.45) is 0 Å². The Labute approximate surface area is 142 Å². The summed E-state index contributed by atoms with van der Waals surface area (Å²) in [6, 6.07) is 3.51. The third-order valence-electron chi connectivity index (χ3n) is 2.51. The van der Waals surface area contributed by atoms with Crippen LogP contribution in [-0.2, 0) is 6.18 Å². The maximum atomic E-state index is 12.7. The summed E-state index contributed by atoms with van der Waals surface area (Å²) in [4.78, 5) is 3.29. The molecule has 112 valence electrons. The number of halogens is 8. The summed E-state index contributed by atoms with van der Waals surface area (Å²) in [5.41, 5.74) is -1.10. The van der Waals surface area contributed by atoms with Gasteiger partial charge in [-0.05, 0) is 18.2 Å². The van der Waals surface area contributed by atoms with Crippen LogP contribution in [0.1, 0.15) is 5.69 Å². The van der Waals surface area contributed by atoms with Gasteiger partial charge in [-0.1, -0.05) is 58.0 Å². The second-order valence-electron chi connectivity index (χ2n) is 3.87. The topological polar surface area (TPSA) is 12.9 Å². The Kier molecular flexibility index (Phi) is 4.86. The Hall–Kier alpha value is -0.390. The zero-order valence-corrected chi connectivity index (χ0v) is 13.5. The lowest BCUT2D eigenvalue weighted by molar-refractivity contribution is -0.141. The van der Waals surface area contributed by atoms with Crippen molar-refractivity contribution < 1.29 is 13.2 Å². The number of rotatable bonds is 1. The quantitative estimate of drug-likeness (QED) is 0.373. The van der Waals surface area contributed by atoms with Crippen LogP contribution in [0.4, 0.5) is 13.2 Å². The molecule has 1 aromatic heterocycles. The molecule has 2 aromatic rings. The third-order valence-corrected chi connectivity index (χ3v) is 4.20. The number of alkyl halides is 3. The van der Waals surface area contributed by atoms with Gasteiger partial charge in [0.25, 0.3) is 0 Å². The molecule has 0 saturated heterocycles. The molecule has 0 amide bonds. The monoisotopic (exact) mass is 393 g/mol. The second-order valence-corrected chi connectivity index (χ2v) is 5.83. The molecule has 0 aliphatic carbocycles. The first kappa shape index (κ1) is 17.0. The summed E-state index contributed by atoms with van der Waals surface area (Å²) in [5.74, 6) is 0. The summed E-state index contributed by atoms with van der Waals surface area (Å²) >= 11 is 29.6. The van der Waals surface area contributed by atoms with Gasteiger partial charge in [0.1, 0.15) is 10.8 Å². The number of hydrogen-bond donors (Lipinski definition) is 0. The highest BCUT2D eigenvalue weighted by Gasteiger charge is 2.34. The number of nitrogens with zero attached hydrogens (tertiary/aromatic N) is 1. The molecule has 0 N–H and O–H groups in total. The van der Waals surface area contributed by atoms with E-state index in [-0.39, 0.29) is 31.2 Å². The summed E-state index contributed by atoms with van der Waals surface area (Å²) in [6.07, 6.45) is -4.67. The fourth-order valence-electron chi connectivity index (χ4n) is 1.61. The molecule has 0 saturated carbocycles. The molecule has 2 rings (SSSR count). The van der Waals surface area contributed by atoms with Crippen LogP contribution in [0.2, 0.25) is 25.2 Å². The Balaban J connectivity index is 2.75. The summed E-state index contributed by atoms with van der Waals surface area (Å²) in [5, 5.41) is -0.443. The van der Waals surface area contributed by atoms with Gasteiger partial charge in [0.05, 0.1) is 20.1 Å². The molecule has 0 aliphatic rings. The lowest BCUT2D eigenvalue weighted by atomic mass is 10.1. The first-order valence-electron chi connectivity index (χ1n) is 5.20. The van der Waals surface area contributed by atoms with Gasteiger partial charge >= 0.3 is 6.18 Å². The maximum absolute atomic E-state index is 12.7. The Morgan fingerprint density at radius 3 is 1.90 bits per heavy atom. The van der Waals surface area contributed by atoms with Crippen molar-refractivity contribution in [3.63, 3.8) is 0 Å². The van der Waals surface area contributed by atoms with Crippen LogP contribution in [-0.4, -0.2) is 4.98 Å². The van der Waals surface area contributed by atoms with Crippen LogP contribution in [0.5, 0.6) is 0 Å². The summed E-state index contributed by atoms with van der Waals surface area (Å²) in [6.45, 7) is 0. The zero-order valence-electron chi connectivity index (χ0n) is 9.70. The fourth-order valence-corrected chi connectivity index (χ4v) is 2.95. The third kappa shape index (κ3) is 3.35. The molecule has 0 radical (unpaired) electrons. The van der Waals surface area contributed by atoms with E-state index >= 15 is 0 Å². The Morgan fingerprint density at radius 1 is 0.810 bits per heavy atom. The molecule has 1 nitrogen and oxygen atoms in total. The van der Waals surface area contributed by atoms with Crippen LogP contribution in [0.3, 0.4) is 0 Å². The molecule has 0 atom stereocenters. The molecule has 21 heavy (non-hydrogen) atoms. The minimum absolute atomic E-state index is 0.0103. The molecule has 9 heteroatoms. The van der Waals surface area contributed by atoms with Crippen LogP contribution in [0, 0.1) is 0 Å². The smallest absolute Gasteiger partial charge is 0.231 e. The van der Waals surface area contributed by atoms with E-state index in [1.165, 1.54) is 12.1 Å². The standard InChI is InChI=1S/C12H3Cl5F3N/c13-4-1-2-5(14)10(16)8(4)9-6(15)3-7(12(18,19)20)21-11(9)17/h1-3H. The molecule has 1 aromatic carbocycles. The highest BCUT2D eigenvalue weighted by Crippen LogP contribution is 2.45. The van der Waals surface area contributed by atoms with E-state index < -0.39 is 17.0 Å². The number of benzene rings is 1. The highest BCUT2D eigenvalue weighted by atomic mass is 35.5. The zero-order chi connectivity index (χ0) is 15.9. The molecule has 0 spiro atoms.